The van der Waals surface area contributed by atoms with Crippen molar-refractivity contribution in [3.05, 3.63) is 107 Å². The molecule has 1 N–H and O–H groups in total. The summed E-state index contributed by atoms with van der Waals surface area (Å²) >= 11 is 0. The van der Waals surface area contributed by atoms with Crippen LogP contribution in [-0.4, -0.2) is 35.9 Å². The minimum atomic E-state index is -1.12. The quantitative estimate of drug-likeness (QED) is 0.553. The fraction of sp³-hybridized carbons (Fsp3) is 0.310. The second-order valence-electron chi connectivity index (χ2n) is 9.53. The predicted octanol–water partition coefficient (Wildman–Crippen LogP) is 4.92. The summed E-state index contributed by atoms with van der Waals surface area (Å²) in [5.74, 6) is -2.82. The van der Waals surface area contributed by atoms with Crippen LogP contribution < -0.4 is 5.32 Å². The number of ether oxygens (including phenoxy) is 1. The number of nitrogens with one attached hydrogen (secondary N) is 1. The number of likely N-dealkylation sites (tertiary alicyclic amines) is 1. The highest BCUT2D eigenvalue weighted by molar-refractivity contribution is 5.94. The number of amides is 2. The normalized spacial score (nSPS) is 20.2. The van der Waals surface area contributed by atoms with E-state index >= 15 is 0 Å². The van der Waals surface area contributed by atoms with Gasteiger partial charge in [0.25, 0.3) is 5.91 Å². The Balaban J connectivity index is 1.44. The lowest BCUT2D eigenvalue weighted by molar-refractivity contribution is -0.122. The maximum absolute atomic E-state index is 14.3. The van der Waals surface area contributed by atoms with Gasteiger partial charge >= 0.3 is 0 Å². The van der Waals surface area contributed by atoms with Crippen molar-refractivity contribution in [1.82, 2.24) is 10.2 Å². The second kappa shape index (κ2) is 9.82. The number of nitrogens with zero attached hydrogens (tertiary/aromatic N) is 1. The van der Waals surface area contributed by atoms with Gasteiger partial charge in [0.1, 0.15) is 0 Å². The second-order valence-corrected chi connectivity index (χ2v) is 9.53. The highest BCUT2D eigenvalue weighted by atomic mass is 19.2. The number of piperidine rings is 1. The zero-order valence-electron chi connectivity index (χ0n) is 20.0. The Bertz CT molecular complexity index is 1270. The van der Waals surface area contributed by atoms with Gasteiger partial charge in [0.05, 0.1) is 24.3 Å². The van der Waals surface area contributed by atoms with Gasteiger partial charge in [-0.25, -0.2) is 8.78 Å². The molecule has 1 heterocycles. The smallest absolute Gasteiger partial charge is 0.256 e. The van der Waals surface area contributed by atoms with Crippen molar-refractivity contribution >= 4 is 11.8 Å². The van der Waals surface area contributed by atoms with Crippen molar-refractivity contribution in [3.8, 4) is 0 Å². The molecule has 3 aromatic carbocycles. The fourth-order valence-electron chi connectivity index (χ4n) is 5.75. The van der Waals surface area contributed by atoms with E-state index in [0.29, 0.717) is 32.5 Å². The van der Waals surface area contributed by atoms with E-state index in [1.54, 1.807) is 4.90 Å². The van der Waals surface area contributed by atoms with Crippen LogP contribution in [0, 0.1) is 11.6 Å². The number of benzene rings is 3. The first-order valence-corrected chi connectivity index (χ1v) is 12.2. The van der Waals surface area contributed by atoms with Crippen LogP contribution in [0.5, 0.6) is 0 Å². The van der Waals surface area contributed by atoms with Crippen LogP contribution >= 0.6 is 0 Å². The summed E-state index contributed by atoms with van der Waals surface area (Å²) in [6.45, 7) is 2.60. The SMILES string of the molecule is CC(=O)N[C@H]1c2ccccc2C2(CCN(C(=O)c3cccc(F)c3F)CC2)[C@@H]1OCc1ccccc1. The molecule has 2 amide bonds. The van der Waals surface area contributed by atoms with Crippen LogP contribution in [0.1, 0.15) is 52.9 Å². The number of halogens is 2. The molecule has 1 saturated heterocycles. The summed E-state index contributed by atoms with van der Waals surface area (Å²) in [7, 11) is 0. The number of fused-ring (bicyclic) bond motifs is 2. The fourth-order valence-corrected chi connectivity index (χ4v) is 5.75. The number of hydrogen-bond acceptors (Lipinski definition) is 3. The van der Waals surface area contributed by atoms with E-state index in [0.717, 1.165) is 22.8 Å². The van der Waals surface area contributed by atoms with Crippen LogP contribution in [0.25, 0.3) is 0 Å². The van der Waals surface area contributed by atoms with Gasteiger partial charge in [-0.15, -0.1) is 0 Å². The van der Waals surface area contributed by atoms with Crippen molar-refractivity contribution in [2.45, 2.75) is 43.9 Å². The van der Waals surface area contributed by atoms with Crippen LogP contribution in [0.3, 0.4) is 0 Å². The Labute approximate surface area is 209 Å². The molecule has 1 aliphatic heterocycles. The zero-order chi connectivity index (χ0) is 25.3. The van der Waals surface area contributed by atoms with Crippen molar-refractivity contribution in [1.29, 1.82) is 0 Å². The van der Waals surface area contributed by atoms with Gasteiger partial charge in [-0.1, -0.05) is 60.7 Å². The van der Waals surface area contributed by atoms with Gasteiger partial charge in [0.15, 0.2) is 11.6 Å². The number of carbonyl (C=O) groups is 2. The Kier molecular flexibility index (Phi) is 6.58. The molecular weight excluding hydrogens is 462 g/mol. The van der Waals surface area contributed by atoms with Gasteiger partial charge < -0.3 is 15.0 Å². The molecule has 0 radical (unpaired) electrons. The standard InChI is InChI=1S/C29H28F2N2O3/c1-19(34)32-26-21-10-5-6-12-23(21)29(27(26)36-18-20-8-3-2-4-9-20)14-16-33(17-15-29)28(35)22-11-7-13-24(30)25(22)31/h2-13,26-27H,14-18H2,1H3,(H,32,34)/t26-,27+/m0/s1. The zero-order valence-corrected chi connectivity index (χ0v) is 20.0. The average molecular weight is 491 g/mol. The van der Waals surface area contributed by atoms with Crippen LogP contribution in [0.2, 0.25) is 0 Å². The highest BCUT2D eigenvalue weighted by Crippen LogP contribution is 2.52. The van der Waals surface area contributed by atoms with Gasteiger partial charge in [-0.3, -0.25) is 9.59 Å². The summed E-state index contributed by atoms with van der Waals surface area (Å²) in [5.41, 5.74) is 2.45. The van der Waals surface area contributed by atoms with Crippen molar-refractivity contribution < 1.29 is 23.1 Å². The predicted molar refractivity (Wildman–Crippen MR) is 131 cm³/mol. The first-order valence-electron chi connectivity index (χ1n) is 12.2. The lowest BCUT2D eigenvalue weighted by atomic mass is 9.71. The van der Waals surface area contributed by atoms with E-state index < -0.39 is 23.0 Å². The average Bonchev–Trinajstić information content (AvgIpc) is 3.13. The maximum Gasteiger partial charge on any atom is 0.256 e. The third kappa shape index (κ3) is 4.28. The molecule has 5 rings (SSSR count). The molecule has 0 unspecified atom stereocenters. The van der Waals surface area contributed by atoms with E-state index in [2.05, 4.69) is 11.4 Å². The van der Waals surface area contributed by atoms with Gasteiger partial charge in [-0.05, 0) is 41.7 Å². The maximum atomic E-state index is 14.3. The van der Waals surface area contributed by atoms with E-state index in [1.165, 1.54) is 19.1 Å². The molecule has 1 spiro atoms. The third-order valence-electron chi connectivity index (χ3n) is 7.44. The molecule has 3 aromatic rings. The highest BCUT2D eigenvalue weighted by Gasteiger charge is 2.54. The monoisotopic (exact) mass is 490 g/mol. The molecule has 186 valence electrons. The van der Waals surface area contributed by atoms with E-state index in [4.69, 9.17) is 4.74 Å². The van der Waals surface area contributed by atoms with Crippen molar-refractivity contribution in [2.75, 3.05) is 13.1 Å². The third-order valence-corrected chi connectivity index (χ3v) is 7.44. The number of rotatable bonds is 5. The molecule has 2 atom stereocenters. The van der Waals surface area contributed by atoms with Gasteiger partial charge in [0.2, 0.25) is 5.91 Å². The van der Waals surface area contributed by atoms with Crippen LogP contribution in [-0.2, 0) is 21.6 Å². The van der Waals surface area contributed by atoms with E-state index in [-0.39, 0.29) is 23.6 Å². The largest absolute Gasteiger partial charge is 0.370 e. The molecule has 36 heavy (non-hydrogen) atoms. The van der Waals surface area contributed by atoms with Crippen molar-refractivity contribution in [3.63, 3.8) is 0 Å². The first kappa shape index (κ1) is 24.1. The summed E-state index contributed by atoms with van der Waals surface area (Å²) in [6, 6.07) is 21.2. The number of hydrogen-bond donors (Lipinski definition) is 1. The lowest BCUT2D eigenvalue weighted by Gasteiger charge is -2.44. The van der Waals surface area contributed by atoms with Gasteiger partial charge in [-0.2, -0.15) is 0 Å². The molecule has 5 nitrogen and oxygen atoms in total. The van der Waals surface area contributed by atoms with Crippen LogP contribution in [0.15, 0.2) is 72.8 Å². The Morgan fingerprint density at radius 1 is 0.972 bits per heavy atom. The van der Waals surface area contributed by atoms with Crippen molar-refractivity contribution in [2.24, 2.45) is 0 Å². The summed E-state index contributed by atoms with van der Waals surface area (Å²) in [5, 5.41) is 3.09. The summed E-state index contributed by atoms with van der Waals surface area (Å²) < 4.78 is 34.6. The van der Waals surface area contributed by atoms with E-state index in [9.17, 15) is 18.4 Å². The molecule has 0 saturated carbocycles. The molecule has 0 aromatic heterocycles. The van der Waals surface area contributed by atoms with Crippen LogP contribution in [0.4, 0.5) is 8.78 Å². The summed E-state index contributed by atoms with van der Waals surface area (Å²) in [6.07, 6.45) is 0.798. The summed E-state index contributed by atoms with van der Waals surface area (Å²) in [4.78, 5) is 26.8. The minimum absolute atomic E-state index is 0.144. The van der Waals surface area contributed by atoms with E-state index in [1.807, 2.05) is 48.5 Å². The minimum Gasteiger partial charge on any atom is -0.370 e. The van der Waals surface area contributed by atoms with Gasteiger partial charge in [0, 0.05) is 25.4 Å². The molecular formula is C29H28F2N2O3. The Morgan fingerprint density at radius 2 is 1.67 bits per heavy atom. The topological polar surface area (TPSA) is 58.6 Å². The number of carbonyl (C=O) groups excluding carboxylic acids is 2. The molecule has 0 bridgehead atoms. The Hall–Kier alpha value is -3.58. The first-order chi connectivity index (χ1) is 17.4. The molecule has 1 fully saturated rings. The Morgan fingerprint density at radius 3 is 2.39 bits per heavy atom. The lowest BCUT2D eigenvalue weighted by Crippen LogP contribution is -2.52. The molecule has 1 aliphatic carbocycles. The molecule has 2 aliphatic rings. The molecule has 7 heteroatoms.